The fourth-order valence-corrected chi connectivity index (χ4v) is 3.19. The van der Waals surface area contributed by atoms with Crippen LogP contribution in [0.15, 0.2) is 18.2 Å². The van der Waals surface area contributed by atoms with Crippen molar-refractivity contribution >= 4 is 0 Å². The van der Waals surface area contributed by atoms with E-state index in [1.54, 1.807) is 0 Å². The van der Waals surface area contributed by atoms with Gasteiger partial charge in [0.1, 0.15) is 5.75 Å². The molecule has 118 valence electrons. The van der Waals surface area contributed by atoms with Gasteiger partial charge < -0.3 is 15.2 Å². The van der Waals surface area contributed by atoms with Gasteiger partial charge in [0.25, 0.3) is 0 Å². The minimum absolute atomic E-state index is 0.0986. The Morgan fingerprint density at radius 2 is 2.14 bits per heavy atom. The molecule has 0 aliphatic carbocycles. The Balaban J connectivity index is 2.00. The van der Waals surface area contributed by atoms with Crippen LogP contribution in [0.1, 0.15) is 57.7 Å². The number of nitrogens with one attached hydrogen (secondary N) is 1. The number of hydrogen-bond donors (Lipinski definition) is 2. The first-order valence-corrected chi connectivity index (χ1v) is 8.08. The van der Waals surface area contributed by atoms with E-state index < -0.39 is 0 Å². The fourth-order valence-electron chi connectivity index (χ4n) is 3.19. The molecule has 0 saturated carbocycles. The minimum Gasteiger partial charge on any atom is -0.493 e. The molecule has 2 rings (SSSR count). The molecule has 0 radical (unpaired) electrons. The molecule has 1 aromatic carbocycles. The highest BCUT2D eigenvalue weighted by Gasteiger charge is 2.22. The fraction of sp³-hybridized carbons (Fsp3) is 0.667. The van der Waals surface area contributed by atoms with E-state index in [0.29, 0.717) is 6.04 Å². The highest BCUT2D eigenvalue weighted by molar-refractivity contribution is 5.40. The van der Waals surface area contributed by atoms with Crippen molar-refractivity contribution < 1.29 is 9.84 Å². The summed E-state index contributed by atoms with van der Waals surface area (Å²) < 4.78 is 5.58. The van der Waals surface area contributed by atoms with Gasteiger partial charge in [0.05, 0.1) is 12.7 Å². The molecule has 0 saturated heterocycles. The van der Waals surface area contributed by atoms with Crippen molar-refractivity contribution in [2.24, 2.45) is 5.41 Å². The van der Waals surface area contributed by atoms with Crippen molar-refractivity contribution in [2.75, 3.05) is 13.2 Å². The monoisotopic (exact) mass is 291 g/mol. The second-order valence-electron chi connectivity index (χ2n) is 7.02. The van der Waals surface area contributed by atoms with Crippen molar-refractivity contribution in [1.82, 2.24) is 5.32 Å². The van der Waals surface area contributed by atoms with Crippen LogP contribution in [0.2, 0.25) is 0 Å². The molecule has 0 aromatic heterocycles. The van der Waals surface area contributed by atoms with Crippen LogP contribution in [0.25, 0.3) is 0 Å². The SMILES string of the molecule is CCC(NCC(C)(C)CC(C)O)c1ccc2c(c1)CCO2. The number of fused-ring (bicyclic) bond motifs is 1. The van der Waals surface area contributed by atoms with E-state index in [-0.39, 0.29) is 11.5 Å². The van der Waals surface area contributed by atoms with Crippen molar-refractivity contribution in [3.8, 4) is 5.75 Å². The molecule has 3 nitrogen and oxygen atoms in total. The Morgan fingerprint density at radius 1 is 1.38 bits per heavy atom. The zero-order valence-corrected chi connectivity index (χ0v) is 13.8. The first kappa shape index (κ1) is 16.3. The minimum atomic E-state index is -0.251. The van der Waals surface area contributed by atoms with Crippen molar-refractivity contribution in [3.05, 3.63) is 29.3 Å². The molecule has 2 unspecified atom stereocenters. The van der Waals surface area contributed by atoms with Crippen LogP contribution in [-0.4, -0.2) is 24.4 Å². The summed E-state index contributed by atoms with van der Waals surface area (Å²) in [6, 6.07) is 6.92. The van der Waals surface area contributed by atoms with Crippen LogP contribution in [0.3, 0.4) is 0 Å². The summed E-state index contributed by atoms with van der Waals surface area (Å²) in [5.74, 6) is 1.04. The Labute approximate surface area is 128 Å². The van der Waals surface area contributed by atoms with Gasteiger partial charge in [-0.15, -0.1) is 0 Å². The predicted molar refractivity (Wildman–Crippen MR) is 86.8 cm³/mol. The predicted octanol–water partition coefficient (Wildman–Crippen LogP) is 3.46. The molecule has 1 heterocycles. The lowest BCUT2D eigenvalue weighted by atomic mass is 9.86. The number of ether oxygens (including phenoxy) is 1. The van der Waals surface area contributed by atoms with Crippen LogP contribution in [-0.2, 0) is 6.42 Å². The van der Waals surface area contributed by atoms with Gasteiger partial charge in [-0.2, -0.15) is 0 Å². The van der Waals surface area contributed by atoms with E-state index in [4.69, 9.17) is 4.74 Å². The Morgan fingerprint density at radius 3 is 2.81 bits per heavy atom. The number of hydrogen-bond acceptors (Lipinski definition) is 3. The Bertz CT molecular complexity index is 468. The molecule has 1 aliphatic heterocycles. The second kappa shape index (κ2) is 6.80. The summed E-state index contributed by atoms with van der Waals surface area (Å²) in [6.45, 7) is 10.2. The molecule has 2 atom stereocenters. The third kappa shape index (κ3) is 4.45. The van der Waals surface area contributed by atoms with Crippen LogP contribution < -0.4 is 10.1 Å². The number of rotatable bonds is 7. The van der Waals surface area contributed by atoms with Crippen molar-refractivity contribution in [3.63, 3.8) is 0 Å². The number of aliphatic hydroxyl groups is 1. The standard InChI is InChI=1S/C18H29NO2/c1-5-16(19-12-18(3,4)11-13(2)20)14-6-7-17-15(10-14)8-9-21-17/h6-7,10,13,16,19-20H,5,8-9,11-12H2,1-4H3. The lowest BCUT2D eigenvalue weighted by molar-refractivity contribution is 0.126. The van der Waals surface area contributed by atoms with Crippen LogP contribution >= 0.6 is 0 Å². The molecular formula is C18H29NO2. The van der Waals surface area contributed by atoms with Crippen LogP contribution in [0.5, 0.6) is 5.75 Å². The van der Waals surface area contributed by atoms with Gasteiger partial charge in [-0.3, -0.25) is 0 Å². The maximum absolute atomic E-state index is 9.59. The third-order valence-electron chi connectivity index (χ3n) is 4.20. The normalized spacial score (nSPS) is 17.2. The zero-order valence-electron chi connectivity index (χ0n) is 13.8. The molecule has 3 heteroatoms. The summed E-state index contributed by atoms with van der Waals surface area (Å²) in [6.07, 6.45) is 2.64. The molecule has 1 aliphatic rings. The quantitative estimate of drug-likeness (QED) is 0.808. The van der Waals surface area contributed by atoms with E-state index in [1.807, 2.05) is 6.92 Å². The van der Waals surface area contributed by atoms with Gasteiger partial charge in [0.15, 0.2) is 0 Å². The molecule has 0 bridgehead atoms. The molecule has 2 N–H and O–H groups in total. The maximum atomic E-state index is 9.59. The van der Waals surface area contributed by atoms with Gasteiger partial charge in [-0.1, -0.05) is 32.9 Å². The molecular weight excluding hydrogens is 262 g/mol. The van der Waals surface area contributed by atoms with E-state index >= 15 is 0 Å². The highest BCUT2D eigenvalue weighted by Crippen LogP contribution is 2.30. The highest BCUT2D eigenvalue weighted by atomic mass is 16.5. The Kier molecular flexibility index (Phi) is 5.28. The summed E-state index contributed by atoms with van der Waals surface area (Å²) in [7, 11) is 0. The van der Waals surface area contributed by atoms with Gasteiger partial charge in [0.2, 0.25) is 0 Å². The zero-order chi connectivity index (χ0) is 15.5. The van der Waals surface area contributed by atoms with E-state index in [2.05, 4.69) is 44.3 Å². The van der Waals surface area contributed by atoms with Gasteiger partial charge in [-0.05, 0) is 42.4 Å². The average Bonchev–Trinajstić information content (AvgIpc) is 2.85. The summed E-state index contributed by atoms with van der Waals surface area (Å²) in [4.78, 5) is 0. The lowest BCUT2D eigenvalue weighted by Gasteiger charge is -2.29. The molecule has 0 fully saturated rings. The first-order chi connectivity index (χ1) is 9.91. The average molecular weight is 291 g/mol. The lowest BCUT2D eigenvalue weighted by Crippen LogP contribution is -2.34. The summed E-state index contributed by atoms with van der Waals surface area (Å²) in [5, 5.41) is 13.3. The van der Waals surface area contributed by atoms with Crippen molar-refractivity contribution in [1.29, 1.82) is 0 Å². The van der Waals surface area contributed by atoms with Gasteiger partial charge in [0, 0.05) is 19.0 Å². The van der Waals surface area contributed by atoms with E-state index in [1.165, 1.54) is 11.1 Å². The number of aliphatic hydroxyl groups excluding tert-OH is 1. The molecule has 1 aromatic rings. The second-order valence-corrected chi connectivity index (χ2v) is 7.02. The van der Waals surface area contributed by atoms with E-state index in [9.17, 15) is 5.11 Å². The smallest absolute Gasteiger partial charge is 0.122 e. The largest absolute Gasteiger partial charge is 0.493 e. The van der Waals surface area contributed by atoms with Gasteiger partial charge in [-0.25, -0.2) is 0 Å². The van der Waals surface area contributed by atoms with Gasteiger partial charge >= 0.3 is 0 Å². The molecule has 21 heavy (non-hydrogen) atoms. The number of benzene rings is 1. The van der Waals surface area contributed by atoms with E-state index in [0.717, 1.165) is 38.2 Å². The summed E-state index contributed by atoms with van der Waals surface area (Å²) >= 11 is 0. The summed E-state index contributed by atoms with van der Waals surface area (Å²) in [5.41, 5.74) is 2.77. The third-order valence-corrected chi connectivity index (χ3v) is 4.20. The Hall–Kier alpha value is -1.06. The van der Waals surface area contributed by atoms with Crippen LogP contribution in [0.4, 0.5) is 0 Å². The first-order valence-electron chi connectivity index (χ1n) is 8.08. The topological polar surface area (TPSA) is 41.5 Å². The van der Waals surface area contributed by atoms with Crippen molar-refractivity contribution in [2.45, 2.75) is 59.1 Å². The van der Waals surface area contributed by atoms with Crippen LogP contribution in [0, 0.1) is 5.41 Å². The maximum Gasteiger partial charge on any atom is 0.122 e. The molecule has 0 amide bonds. The molecule has 0 spiro atoms.